The van der Waals surface area contributed by atoms with Crippen LogP contribution in [0.3, 0.4) is 0 Å². The standard InChI is InChI=1S/C16H19FN2O2S/c1-3-5-14-19-10(2)13(22-14)9-18-16(21)15(20)11-6-4-7-12(17)8-11/h4,6-8,15,20H,3,5,9H2,1-2H3,(H,18,21)/t15-/m1/s1. The fourth-order valence-corrected chi connectivity index (χ4v) is 3.18. The van der Waals surface area contributed by atoms with Gasteiger partial charge in [-0.25, -0.2) is 9.37 Å². The van der Waals surface area contributed by atoms with Gasteiger partial charge in [-0.15, -0.1) is 11.3 Å². The first-order chi connectivity index (χ1) is 10.5. The molecular weight excluding hydrogens is 303 g/mol. The quantitative estimate of drug-likeness (QED) is 0.859. The second kappa shape index (κ2) is 7.47. The number of aliphatic hydroxyl groups is 1. The van der Waals surface area contributed by atoms with Crippen molar-refractivity contribution in [3.8, 4) is 0 Å². The van der Waals surface area contributed by atoms with Crippen molar-refractivity contribution in [1.82, 2.24) is 10.3 Å². The Bertz CT molecular complexity index is 657. The van der Waals surface area contributed by atoms with Crippen LogP contribution in [0.4, 0.5) is 4.39 Å². The summed E-state index contributed by atoms with van der Waals surface area (Å²) in [5.41, 5.74) is 1.14. The number of carbonyl (C=O) groups is 1. The fourth-order valence-electron chi connectivity index (χ4n) is 2.07. The maximum atomic E-state index is 13.1. The molecule has 2 N–H and O–H groups in total. The lowest BCUT2D eigenvalue weighted by atomic mass is 10.1. The van der Waals surface area contributed by atoms with E-state index in [4.69, 9.17) is 0 Å². The SMILES string of the molecule is CCCc1nc(C)c(CNC(=O)[C@H](O)c2cccc(F)c2)s1. The van der Waals surface area contributed by atoms with Gasteiger partial charge in [-0.05, 0) is 37.5 Å². The highest BCUT2D eigenvalue weighted by Crippen LogP contribution is 2.20. The van der Waals surface area contributed by atoms with Crippen LogP contribution in [0.15, 0.2) is 24.3 Å². The highest BCUT2D eigenvalue weighted by molar-refractivity contribution is 7.11. The third-order valence-corrected chi connectivity index (χ3v) is 4.45. The van der Waals surface area contributed by atoms with Crippen molar-refractivity contribution in [3.63, 3.8) is 0 Å². The Labute approximate surface area is 133 Å². The molecule has 2 rings (SSSR count). The van der Waals surface area contributed by atoms with Crippen LogP contribution in [-0.4, -0.2) is 16.0 Å². The van der Waals surface area contributed by atoms with Gasteiger partial charge in [0.25, 0.3) is 5.91 Å². The number of thiazole rings is 1. The van der Waals surface area contributed by atoms with Gasteiger partial charge >= 0.3 is 0 Å². The molecule has 0 saturated carbocycles. The maximum absolute atomic E-state index is 13.1. The van der Waals surface area contributed by atoms with E-state index >= 15 is 0 Å². The molecule has 4 nitrogen and oxygen atoms in total. The van der Waals surface area contributed by atoms with Gasteiger partial charge in [0.05, 0.1) is 17.2 Å². The number of nitrogens with one attached hydrogen (secondary N) is 1. The second-order valence-electron chi connectivity index (χ2n) is 5.04. The maximum Gasteiger partial charge on any atom is 0.253 e. The van der Waals surface area contributed by atoms with Crippen molar-refractivity contribution in [1.29, 1.82) is 0 Å². The molecule has 2 aromatic rings. The zero-order chi connectivity index (χ0) is 16.1. The van der Waals surface area contributed by atoms with Crippen LogP contribution in [0.5, 0.6) is 0 Å². The lowest BCUT2D eigenvalue weighted by molar-refractivity contribution is -0.129. The molecule has 1 heterocycles. The number of aryl methyl sites for hydroxylation is 2. The third-order valence-electron chi connectivity index (χ3n) is 3.24. The minimum absolute atomic E-state index is 0.241. The highest BCUT2D eigenvalue weighted by atomic mass is 32.1. The van der Waals surface area contributed by atoms with Gasteiger partial charge in [0, 0.05) is 4.88 Å². The van der Waals surface area contributed by atoms with Gasteiger partial charge < -0.3 is 10.4 Å². The molecule has 1 aromatic carbocycles. The summed E-state index contributed by atoms with van der Waals surface area (Å²) in [5, 5.41) is 13.7. The summed E-state index contributed by atoms with van der Waals surface area (Å²) in [5.74, 6) is -1.03. The summed E-state index contributed by atoms with van der Waals surface area (Å²) in [6.45, 7) is 4.31. The van der Waals surface area contributed by atoms with Crippen LogP contribution in [0.25, 0.3) is 0 Å². The number of halogens is 1. The van der Waals surface area contributed by atoms with E-state index in [9.17, 15) is 14.3 Å². The molecule has 1 aromatic heterocycles. The van der Waals surface area contributed by atoms with Crippen molar-refractivity contribution in [3.05, 3.63) is 51.2 Å². The van der Waals surface area contributed by atoms with E-state index in [-0.39, 0.29) is 5.56 Å². The van der Waals surface area contributed by atoms with Crippen LogP contribution in [0.1, 0.15) is 40.6 Å². The number of hydrogen-bond donors (Lipinski definition) is 2. The Balaban J connectivity index is 1.97. The van der Waals surface area contributed by atoms with Crippen molar-refractivity contribution in [2.24, 2.45) is 0 Å². The minimum atomic E-state index is -1.38. The largest absolute Gasteiger partial charge is 0.378 e. The average Bonchev–Trinajstić information content (AvgIpc) is 2.84. The average molecular weight is 322 g/mol. The van der Waals surface area contributed by atoms with Crippen LogP contribution in [0, 0.1) is 12.7 Å². The number of amides is 1. The summed E-state index contributed by atoms with van der Waals surface area (Å²) < 4.78 is 13.1. The Morgan fingerprint density at radius 3 is 2.95 bits per heavy atom. The molecule has 0 radical (unpaired) electrons. The van der Waals surface area contributed by atoms with E-state index in [0.29, 0.717) is 6.54 Å². The van der Waals surface area contributed by atoms with Crippen LogP contribution < -0.4 is 5.32 Å². The Morgan fingerprint density at radius 1 is 1.50 bits per heavy atom. The summed E-state index contributed by atoms with van der Waals surface area (Å²) in [4.78, 5) is 17.4. The molecule has 118 valence electrons. The monoisotopic (exact) mass is 322 g/mol. The Kier molecular flexibility index (Phi) is 5.63. The second-order valence-corrected chi connectivity index (χ2v) is 6.21. The molecule has 0 aliphatic heterocycles. The molecular formula is C16H19FN2O2S. The van der Waals surface area contributed by atoms with Gasteiger partial charge in [0.2, 0.25) is 0 Å². The number of nitrogens with zero attached hydrogens (tertiary/aromatic N) is 1. The van der Waals surface area contributed by atoms with Crippen molar-refractivity contribution < 1.29 is 14.3 Å². The van der Waals surface area contributed by atoms with E-state index < -0.39 is 17.8 Å². The van der Waals surface area contributed by atoms with Gasteiger partial charge in [-0.1, -0.05) is 19.1 Å². The molecule has 1 amide bonds. The Morgan fingerprint density at radius 2 is 2.27 bits per heavy atom. The summed E-state index contributed by atoms with van der Waals surface area (Å²) in [6, 6.07) is 5.40. The molecule has 1 atom stereocenters. The predicted molar refractivity (Wildman–Crippen MR) is 84.1 cm³/mol. The van der Waals surface area contributed by atoms with E-state index in [1.165, 1.54) is 18.2 Å². The minimum Gasteiger partial charge on any atom is -0.378 e. The first-order valence-corrected chi connectivity index (χ1v) is 7.99. The first-order valence-electron chi connectivity index (χ1n) is 7.17. The molecule has 0 aliphatic rings. The van der Waals surface area contributed by atoms with Crippen LogP contribution in [-0.2, 0) is 17.8 Å². The normalized spacial score (nSPS) is 12.2. The Hall–Kier alpha value is -1.79. The topological polar surface area (TPSA) is 62.2 Å². The number of carbonyl (C=O) groups excluding carboxylic acids is 1. The molecule has 6 heteroatoms. The van der Waals surface area contributed by atoms with E-state index in [2.05, 4.69) is 17.2 Å². The van der Waals surface area contributed by atoms with E-state index in [0.717, 1.165) is 34.5 Å². The number of hydrogen-bond acceptors (Lipinski definition) is 4. The van der Waals surface area contributed by atoms with Crippen molar-refractivity contribution >= 4 is 17.2 Å². The predicted octanol–water partition coefficient (Wildman–Crippen LogP) is 2.89. The number of aromatic nitrogens is 1. The smallest absolute Gasteiger partial charge is 0.253 e. The van der Waals surface area contributed by atoms with Gasteiger partial charge in [0.1, 0.15) is 5.82 Å². The van der Waals surface area contributed by atoms with Crippen molar-refractivity contribution in [2.45, 2.75) is 39.3 Å². The van der Waals surface area contributed by atoms with Gasteiger partial charge in [-0.2, -0.15) is 0 Å². The summed E-state index contributed by atoms with van der Waals surface area (Å²) >= 11 is 1.57. The fraction of sp³-hybridized carbons (Fsp3) is 0.375. The number of aliphatic hydroxyl groups excluding tert-OH is 1. The van der Waals surface area contributed by atoms with Crippen molar-refractivity contribution in [2.75, 3.05) is 0 Å². The lowest BCUT2D eigenvalue weighted by Crippen LogP contribution is -2.28. The summed E-state index contributed by atoms with van der Waals surface area (Å²) in [6.07, 6.45) is 0.571. The lowest BCUT2D eigenvalue weighted by Gasteiger charge is -2.11. The first kappa shape index (κ1) is 16.6. The molecule has 0 fully saturated rings. The highest BCUT2D eigenvalue weighted by Gasteiger charge is 2.18. The number of benzene rings is 1. The van der Waals surface area contributed by atoms with Gasteiger partial charge in [-0.3, -0.25) is 4.79 Å². The molecule has 0 spiro atoms. The molecule has 0 bridgehead atoms. The molecule has 0 unspecified atom stereocenters. The van der Waals surface area contributed by atoms with Gasteiger partial charge in [0.15, 0.2) is 6.10 Å². The van der Waals surface area contributed by atoms with E-state index in [1.807, 2.05) is 6.92 Å². The van der Waals surface area contributed by atoms with Crippen LogP contribution >= 0.6 is 11.3 Å². The zero-order valence-corrected chi connectivity index (χ0v) is 13.4. The molecule has 0 aliphatic carbocycles. The summed E-state index contributed by atoms with van der Waals surface area (Å²) in [7, 11) is 0. The van der Waals surface area contributed by atoms with E-state index in [1.54, 1.807) is 11.3 Å². The molecule has 22 heavy (non-hydrogen) atoms. The zero-order valence-electron chi connectivity index (χ0n) is 12.6. The number of rotatable bonds is 6. The third kappa shape index (κ3) is 4.11. The van der Waals surface area contributed by atoms with Crippen LogP contribution in [0.2, 0.25) is 0 Å². The molecule has 0 saturated heterocycles.